The Morgan fingerprint density at radius 2 is 0.655 bits per heavy atom. The zero-order valence-electron chi connectivity index (χ0n) is 22.2. The van der Waals surface area contributed by atoms with Gasteiger partial charge in [-0.2, -0.15) is 0 Å². The van der Waals surface area contributed by atoms with Gasteiger partial charge in [-0.25, -0.2) is 0 Å². The molecular weight excluding hydrogens is 396 g/mol. The van der Waals surface area contributed by atoms with Crippen LogP contribution in [0.2, 0.25) is 25.2 Å². The van der Waals surface area contributed by atoms with E-state index in [9.17, 15) is 0 Å². The highest BCUT2D eigenvalue weighted by Gasteiger charge is 2.43. The van der Waals surface area contributed by atoms with E-state index >= 15 is 0 Å². The molecule has 0 aliphatic carbocycles. The molecule has 0 radical (unpaired) electrons. The molecule has 0 fully saturated rings. The van der Waals surface area contributed by atoms with E-state index in [1.807, 2.05) is 0 Å². The van der Waals surface area contributed by atoms with Crippen LogP contribution in [-0.4, -0.2) is 45.6 Å². The molecule has 0 saturated heterocycles. The summed E-state index contributed by atoms with van der Waals surface area (Å²) >= 11 is 0. The highest BCUT2D eigenvalue weighted by molar-refractivity contribution is 6.66. The van der Waals surface area contributed by atoms with Crippen molar-refractivity contribution in [2.75, 3.05) is 28.4 Å². The SMILES string of the molecule is CO[Si](C)(CC(C)(C)CC(C)(C)CC(C)(C)CC(C)(C)C[Si](C)(OC)OC)OC. The fourth-order valence-electron chi connectivity index (χ4n) is 6.33. The van der Waals surface area contributed by atoms with Gasteiger partial charge in [-0.15, -0.1) is 0 Å². The van der Waals surface area contributed by atoms with E-state index in [0.717, 1.165) is 24.9 Å². The van der Waals surface area contributed by atoms with Gasteiger partial charge in [-0.1, -0.05) is 55.4 Å². The molecule has 0 heterocycles. The summed E-state index contributed by atoms with van der Waals surface area (Å²) in [5, 5.41) is 0. The Kier molecular flexibility index (Phi) is 10.4. The molecule has 0 aromatic heterocycles. The Bertz CT molecular complexity index is 449. The van der Waals surface area contributed by atoms with Crippen molar-refractivity contribution in [3.63, 3.8) is 0 Å². The van der Waals surface area contributed by atoms with E-state index in [1.165, 1.54) is 6.42 Å². The van der Waals surface area contributed by atoms with E-state index in [1.54, 1.807) is 28.4 Å². The summed E-state index contributed by atoms with van der Waals surface area (Å²) in [6.45, 7) is 23.5. The average molecular weight is 449 g/mol. The molecule has 176 valence electrons. The Hall–Kier alpha value is 0.274. The van der Waals surface area contributed by atoms with Crippen LogP contribution in [0.25, 0.3) is 0 Å². The lowest BCUT2D eigenvalue weighted by Crippen LogP contribution is -2.43. The number of rotatable bonds is 14. The van der Waals surface area contributed by atoms with E-state index in [-0.39, 0.29) is 21.7 Å². The Labute approximate surface area is 184 Å². The molecule has 0 rings (SSSR count). The van der Waals surface area contributed by atoms with Crippen LogP contribution in [0.1, 0.15) is 74.7 Å². The molecule has 0 amide bonds. The predicted molar refractivity (Wildman–Crippen MR) is 130 cm³/mol. The smallest absolute Gasteiger partial charge is 0.334 e. The minimum atomic E-state index is -2.09. The van der Waals surface area contributed by atoms with Gasteiger partial charge in [0, 0.05) is 28.4 Å². The monoisotopic (exact) mass is 448 g/mol. The molecule has 0 saturated carbocycles. The van der Waals surface area contributed by atoms with E-state index < -0.39 is 17.1 Å². The highest BCUT2D eigenvalue weighted by atomic mass is 28.4. The molecule has 0 aromatic carbocycles. The third-order valence-electron chi connectivity index (χ3n) is 6.20. The molecule has 0 bridgehead atoms. The standard InChI is InChI=1S/C23H52O4Si2/c1-20(2,16-22(5,6)18-28(13,24-9)25-10)15-21(3,4)17-23(7,8)19-29(14,26-11)27-12/h15-19H2,1-14H3. The molecule has 6 heteroatoms. The lowest BCUT2D eigenvalue weighted by atomic mass is 9.64. The third-order valence-corrected chi connectivity index (χ3v) is 12.9. The van der Waals surface area contributed by atoms with Gasteiger partial charge in [0.1, 0.15) is 0 Å². The van der Waals surface area contributed by atoms with Gasteiger partial charge in [0.05, 0.1) is 0 Å². The van der Waals surface area contributed by atoms with Gasteiger partial charge in [-0.05, 0) is 66.1 Å². The largest absolute Gasteiger partial charge is 0.398 e. The fraction of sp³-hybridized carbons (Fsp3) is 1.00. The molecule has 29 heavy (non-hydrogen) atoms. The van der Waals surface area contributed by atoms with Crippen molar-refractivity contribution in [3.05, 3.63) is 0 Å². The first kappa shape index (κ1) is 29.3. The summed E-state index contributed by atoms with van der Waals surface area (Å²) in [7, 11) is 2.99. The van der Waals surface area contributed by atoms with Gasteiger partial charge in [0.25, 0.3) is 0 Å². The van der Waals surface area contributed by atoms with Crippen LogP contribution in [0.3, 0.4) is 0 Å². The molecule has 0 spiro atoms. The molecule has 0 aliphatic heterocycles. The van der Waals surface area contributed by atoms with E-state index in [4.69, 9.17) is 17.7 Å². The van der Waals surface area contributed by atoms with Crippen molar-refractivity contribution in [3.8, 4) is 0 Å². The number of hydrogen-bond acceptors (Lipinski definition) is 4. The zero-order valence-corrected chi connectivity index (χ0v) is 24.2. The van der Waals surface area contributed by atoms with Crippen LogP contribution in [-0.2, 0) is 17.7 Å². The van der Waals surface area contributed by atoms with E-state index in [2.05, 4.69) is 68.5 Å². The summed E-state index contributed by atoms with van der Waals surface area (Å²) in [6.07, 6.45) is 3.49. The maximum absolute atomic E-state index is 5.77. The molecule has 0 N–H and O–H groups in total. The molecule has 0 unspecified atom stereocenters. The molecular formula is C23H52O4Si2. The lowest BCUT2D eigenvalue weighted by Gasteiger charge is -2.45. The van der Waals surface area contributed by atoms with Crippen molar-refractivity contribution in [1.29, 1.82) is 0 Å². The average Bonchev–Trinajstić information content (AvgIpc) is 2.49. The first-order valence-electron chi connectivity index (χ1n) is 11.0. The van der Waals surface area contributed by atoms with Crippen molar-refractivity contribution in [1.82, 2.24) is 0 Å². The maximum atomic E-state index is 5.77. The minimum Gasteiger partial charge on any atom is -0.398 e. The number of hydrogen-bond donors (Lipinski definition) is 0. The predicted octanol–water partition coefficient (Wildman–Crippen LogP) is 6.99. The van der Waals surface area contributed by atoms with Crippen molar-refractivity contribution >= 4 is 17.1 Å². The molecule has 0 atom stereocenters. The summed E-state index contributed by atoms with van der Waals surface area (Å²) < 4.78 is 23.1. The summed E-state index contributed by atoms with van der Waals surface area (Å²) in [5.41, 5.74) is 0.839. The highest BCUT2D eigenvalue weighted by Crippen LogP contribution is 2.49. The summed E-state index contributed by atoms with van der Waals surface area (Å²) in [6, 6.07) is 2.02. The van der Waals surface area contributed by atoms with Crippen LogP contribution < -0.4 is 0 Å². The normalized spacial score (nSPS) is 15.1. The van der Waals surface area contributed by atoms with Crippen LogP contribution in [0, 0.1) is 21.7 Å². The fourth-order valence-corrected chi connectivity index (χ4v) is 11.0. The molecule has 0 aromatic rings. The van der Waals surface area contributed by atoms with Crippen LogP contribution in [0.5, 0.6) is 0 Å². The van der Waals surface area contributed by atoms with Gasteiger partial charge in [0.2, 0.25) is 0 Å². The Balaban J connectivity index is 5.20. The Morgan fingerprint density at radius 1 is 0.448 bits per heavy atom. The maximum Gasteiger partial charge on any atom is 0.334 e. The van der Waals surface area contributed by atoms with Crippen LogP contribution in [0.4, 0.5) is 0 Å². The molecule has 0 aliphatic rings. The lowest BCUT2D eigenvalue weighted by molar-refractivity contribution is 0.0915. The van der Waals surface area contributed by atoms with Crippen molar-refractivity contribution in [2.24, 2.45) is 21.7 Å². The summed E-state index contributed by atoms with van der Waals surface area (Å²) in [5.74, 6) is 0. The Morgan fingerprint density at radius 3 is 0.862 bits per heavy atom. The second-order valence-corrected chi connectivity index (χ2v) is 19.5. The van der Waals surface area contributed by atoms with Crippen molar-refractivity contribution in [2.45, 2.75) is 99.8 Å². The van der Waals surface area contributed by atoms with Crippen LogP contribution in [0.15, 0.2) is 0 Å². The molecule has 4 nitrogen and oxygen atoms in total. The van der Waals surface area contributed by atoms with E-state index in [0.29, 0.717) is 0 Å². The van der Waals surface area contributed by atoms with Crippen molar-refractivity contribution < 1.29 is 17.7 Å². The van der Waals surface area contributed by atoms with Gasteiger partial charge < -0.3 is 17.7 Å². The van der Waals surface area contributed by atoms with Gasteiger partial charge in [-0.3, -0.25) is 0 Å². The topological polar surface area (TPSA) is 36.9 Å². The quantitative estimate of drug-likeness (QED) is 0.268. The zero-order chi connectivity index (χ0) is 23.4. The van der Waals surface area contributed by atoms with Crippen LogP contribution >= 0.6 is 0 Å². The third kappa shape index (κ3) is 10.9. The van der Waals surface area contributed by atoms with Gasteiger partial charge in [0.15, 0.2) is 0 Å². The minimum absolute atomic E-state index is 0.180. The first-order valence-corrected chi connectivity index (χ1v) is 16.0. The van der Waals surface area contributed by atoms with Gasteiger partial charge >= 0.3 is 17.1 Å². The second-order valence-electron chi connectivity index (χ2n) is 12.6. The first-order chi connectivity index (χ1) is 12.8. The summed E-state index contributed by atoms with van der Waals surface area (Å²) in [4.78, 5) is 0. The second kappa shape index (κ2) is 10.3.